The van der Waals surface area contributed by atoms with E-state index in [9.17, 15) is 4.79 Å². The number of anilines is 1. The van der Waals surface area contributed by atoms with Crippen molar-refractivity contribution in [3.63, 3.8) is 0 Å². The Morgan fingerprint density at radius 1 is 1.37 bits per heavy atom. The summed E-state index contributed by atoms with van der Waals surface area (Å²) >= 11 is 1.30. The molecule has 1 aromatic heterocycles. The predicted octanol–water partition coefficient (Wildman–Crippen LogP) is 3.27. The van der Waals surface area contributed by atoms with E-state index in [0.717, 1.165) is 22.4 Å². The molecule has 0 spiro atoms. The van der Waals surface area contributed by atoms with Gasteiger partial charge >= 0.3 is 5.97 Å². The largest absolute Gasteiger partial charge is 0.461 e. The van der Waals surface area contributed by atoms with E-state index in [2.05, 4.69) is 4.98 Å². The molecule has 2 rings (SSSR count). The number of carbonyl (C=O) groups excluding carboxylic acids is 1. The Morgan fingerprint density at radius 2 is 2.05 bits per heavy atom. The zero-order valence-corrected chi connectivity index (χ0v) is 11.8. The molecule has 0 aliphatic rings. The first-order valence-electron chi connectivity index (χ1n) is 6.12. The maximum atomic E-state index is 11.9. The first-order chi connectivity index (χ1) is 9.11. The minimum Gasteiger partial charge on any atom is -0.461 e. The van der Waals surface area contributed by atoms with E-state index in [1.807, 2.05) is 38.1 Å². The summed E-state index contributed by atoms with van der Waals surface area (Å²) in [6.07, 6.45) is 0.783. The first kappa shape index (κ1) is 13.5. The molecule has 0 aliphatic carbocycles. The van der Waals surface area contributed by atoms with Gasteiger partial charge in [-0.15, -0.1) is 0 Å². The van der Waals surface area contributed by atoms with Gasteiger partial charge in [-0.3, -0.25) is 0 Å². The van der Waals surface area contributed by atoms with Gasteiger partial charge < -0.3 is 10.5 Å². The lowest BCUT2D eigenvalue weighted by atomic mass is 10.1. The second kappa shape index (κ2) is 5.84. The Balaban J connectivity index is 2.35. The molecule has 1 heterocycles. The maximum absolute atomic E-state index is 11.9. The second-order valence-electron chi connectivity index (χ2n) is 4.23. The molecule has 4 nitrogen and oxygen atoms in total. The lowest BCUT2D eigenvalue weighted by Gasteiger charge is -2.03. The van der Waals surface area contributed by atoms with Crippen molar-refractivity contribution in [2.45, 2.75) is 20.3 Å². The Hall–Kier alpha value is -1.88. The average molecular weight is 276 g/mol. The predicted molar refractivity (Wildman–Crippen MR) is 77.3 cm³/mol. The number of hydrogen-bond acceptors (Lipinski definition) is 5. The molecule has 100 valence electrons. The summed E-state index contributed by atoms with van der Waals surface area (Å²) in [6.45, 7) is 4.36. The lowest BCUT2D eigenvalue weighted by Crippen LogP contribution is -2.07. The van der Waals surface area contributed by atoms with Crippen molar-refractivity contribution in [1.82, 2.24) is 4.98 Å². The van der Waals surface area contributed by atoms with Crippen LogP contribution in [0.1, 0.15) is 29.4 Å². The van der Waals surface area contributed by atoms with Gasteiger partial charge in [0, 0.05) is 0 Å². The molecule has 19 heavy (non-hydrogen) atoms. The van der Waals surface area contributed by atoms with Crippen LogP contribution in [0.3, 0.4) is 0 Å². The van der Waals surface area contributed by atoms with Gasteiger partial charge in [0.25, 0.3) is 0 Å². The molecule has 0 aliphatic heterocycles. The van der Waals surface area contributed by atoms with E-state index in [0.29, 0.717) is 17.4 Å². The number of benzene rings is 1. The van der Waals surface area contributed by atoms with Gasteiger partial charge in [0.1, 0.15) is 0 Å². The van der Waals surface area contributed by atoms with E-state index in [1.165, 1.54) is 11.3 Å². The summed E-state index contributed by atoms with van der Waals surface area (Å²) in [5, 5.41) is 0.374. The van der Waals surface area contributed by atoms with Gasteiger partial charge in [0.05, 0.1) is 11.5 Å². The fourth-order valence-electron chi connectivity index (χ4n) is 1.64. The zero-order valence-electron chi connectivity index (χ0n) is 11.0. The highest BCUT2D eigenvalue weighted by molar-refractivity contribution is 7.19. The van der Waals surface area contributed by atoms with Crippen LogP contribution in [0.15, 0.2) is 24.3 Å². The van der Waals surface area contributed by atoms with E-state index < -0.39 is 5.97 Å². The Kier molecular flexibility index (Phi) is 4.16. The summed E-state index contributed by atoms with van der Waals surface area (Å²) in [5.74, 6) is -0.412. The van der Waals surface area contributed by atoms with E-state index in [4.69, 9.17) is 10.5 Å². The van der Waals surface area contributed by atoms with Crippen molar-refractivity contribution in [3.05, 3.63) is 35.5 Å². The number of esters is 1. The quantitative estimate of drug-likeness (QED) is 0.870. The average Bonchev–Trinajstić information content (AvgIpc) is 2.79. The van der Waals surface area contributed by atoms with Crippen LogP contribution in [0.4, 0.5) is 5.13 Å². The number of rotatable bonds is 4. The number of ether oxygens (including phenoxy) is 1. The molecular formula is C14H16N2O2S. The molecule has 2 N–H and O–H groups in total. The topological polar surface area (TPSA) is 65.2 Å². The van der Waals surface area contributed by atoms with Crippen LogP contribution in [0.2, 0.25) is 0 Å². The van der Waals surface area contributed by atoms with E-state index >= 15 is 0 Å². The monoisotopic (exact) mass is 276 g/mol. The van der Waals surface area contributed by atoms with E-state index in [-0.39, 0.29) is 0 Å². The molecule has 0 saturated heterocycles. The van der Waals surface area contributed by atoms with Crippen LogP contribution in [-0.4, -0.2) is 17.6 Å². The molecule has 0 atom stereocenters. The van der Waals surface area contributed by atoms with Crippen molar-refractivity contribution >= 4 is 22.4 Å². The van der Waals surface area contributed by atoms with Gasteiger partial charge in [0.2, 0.25) is 0 Å². The van der Waals surface area contributed by atoms with Gasteiger partial charge in [-0.1, -0.05) is 48.1 Å². The van der Waals surface area contributed by atoms with Crippen LogP contribution in [-0.2, 0) is 4.74 Å². The zero-order chi connectivity index (χ0) is 13.8. The van der Waals surface area contributed by atoms with Crippen LogP contribution >= 0.6 is 11.3 Å². The van der Waals surface area contributed by atoms with Crippen molar-refractivity contribution in [1.29, 1.82) is 0 Å². The molecule has 0 unspecified atom stereocenters. The Morgan fingerprint density at radius 3 is 2.68 bits per heavy atom. The maximum Gasteiger partial charge on any atom is 0.358 e. The number of aromatic nitrogens is 1. The highest BCUT2D eigenvalue weighted by atomic mass is 32.1. The summed E-state index contributed by atoms with van der Waals surface area (Å²) < 4.78 is 5.13. The number of aryl methyl sites for hydroxylation is 1. The normalized spacial score (nSPS) is 10.4. The molecule has 0 bridgehead atoms. The van der Waals surface area contributed by atoms with Gasteiger partial charge in [-0.2, -0.15) is 0 Å². The van der Waals surface area contributed by atoms with Gasteiger partial charge in [0.15, 0.2) is 10.8 Å². The van der Waals surface area contributed by atoms with Crippen molar-refractivity contribution in [2.75, 3.05) is 12.3 Å². The van der Waals surface area contributed by atoms with Crippen LogP contribution in [0.25, 0.3) is 10.4 Å². The molecule has 2 aromatic rings. The Labute approximate surface area is 116 Å². The van der Waals surface area contributed by atoms with Crippen molar-refractivity contribution < 1.29 is 9.53 Å². The first-order valence-corrected chi connectivity index (χ1v) is 6.94. The molecule has 0 saturated carbocycles. The molecule has 0 radical (unpaired) electrons. The number of nitrogens with zero attached hydrogens (tertiary/aromatic N) is 1. The molecule has 0 fully saturated rings. The minimum atomic E-state index is -0.412. The van der Waals surface area contributed by atoms with Crippen LogP contribution in [0.5, 0.6) is 0 Å². The fourth-order valence-corrected chi connectivity index (χ4v) is 2.46. The third kappa shape index (κ3) is 3.12. The smallest absolute Gasteiger partial charge is 0.358 e. The lowest BCUT2D eigenvalue weighted by molar-refractivity contribution is 0.0500. The summed E-state index contributed by atoms with van der Waals surface area (Å²) in [6, 6.07) is 7.90. The van der Waals surface area contributed by atoms with E-state index in [1.54, 1.807) is 0 Å². The highest BCUT2D eigenvalue weighted by Gasteiger charge is 2.19. The highest BCUT2D eigenvalue weighted by Crippen LogP contribution is 2.32. The third-order valence-electron chi connectivity index (χ3n) is 2.59. The Bertz CT molecular complexity index is 576. The SMILES string of the molecule is CCCOC(=O)c1nc(N)sc1-c1ccc(C)cc1. The summed E-state index contributed by atoms with van der Waals surface area (Å²) in [4.78, 5) is 16.8. The number of carbonyl (C=O) groups is 1. The third-order valence-corrected chi connectivity index (χ3v) is 3.52. The molecule has 5 heteroatoms. The van der Waals surface area contributed by atoms with Crippen molar-refractivity contribution in [3.8, 4) is 10.4 Å². The standard InChI is InChI=1S/C14H16N2O2S/c1-3-8-18-13(17)11-12(19-14(15)16-11)10-6-4-9(2)5-7-10/h4-7H,3,8H2,1-2H3,(H2,15,16). The second-order valence-corrected chi connectivity index (χ2v) is 5.26. The van der Waals surface area contributed by atoms with Crippen molar-refractivity contribution in [2.24, 2.45) is 0 Å². The number of nitrogens with two attached hydrogens (primary N) is 1. The minimum absolute atomic E-state index is 0.305. The van der Waals surface area contributed by atoms with Gasteiger partial charge in [-0.05, 0) is 18.9 Å². The fraction of sp³-hybridized carbons (Fsp3) is 0.286. The summed E-state index contributed by atoms with van der Waals surface area (Å²) in [7, 11) is 0. The number of hydrogen-bond donors (Lipinski definition) is 1. The molecular weight excluding hydrogens is 260 g/mol. The van der Waals surface area contributed by atoms with Gasteiger partial charge in [-0.25, -0.2) is 9.78 Å². The van der Waals surface area contributed by atoms with Crippen LogP contribution < -0.4 is 5.73 Å². The summed E-state index contributed by atoms with van der Waals surface area (Å²) in [5.41, 5.74) is 8.11. The number of thiazole rings is 1. The van der Waals surface area contributed by atoms with Crippen LogP contribution in [0, 0.1) is 6.92 Å². The molecule has 1 aromatic carbocycles. The molecule has 0 amide bonds. The number of nitrogen functional groups attached to an aromatic ring is 1.